The maximum Gasteiger partial charge on any atom is 0.145 e. The van der Waals surface area contributed by atoms with Crippen LogP contribution in [0.15, 0.2) is 18.2 Å². The number of rotatable bonds is 5. The van der Waals surface area contributed by atoms with Gasteiger partial charge in [-0.2, -0.15) is 0 Å². The van der Waals surface area contributed by atoms with Crippen LogP contribution in [0.4, 0.5) is 4.39 Å². The van der Waals surface area contributed by atoms with E-state index >= 15 is 0 Å². The molecule has 19 heavy (non-hydrogen) atoms. The summed E-state index contributed by atoms with van der Waals surface area (Å²) in [7, 11) is 0. The molecule has 0 radical (unpaired) electrons. The summed E-state index contributed by atoms with van der Waals surface area (Å²) < 4.78 is 14.3. The summed E-state index contributed by atoms with van der Waals surface area (Å²) >= 11 is 5.95. The van der Waals surface area contributed by atoms with E-state index in [-0.39, 0.29) is 16.3 Å². The Bertz CT molecular complexity index is 464. The van der Waals surface area contributed by atoms with Crippen molar-refractivity contribution in [1.82, 2.24) is 5.32 Å². The van der Waals surface area contributed by atoms with Gasteiger partial charge in [0.15, 0.2) is 0 Å². The smallest absolute Gasteiger partial charge is 0.145 e. The molecule has 2 aliphatic carbocycles. The molecule has 1 aromatic carbocycles. The maximum absolute atomic E-state index is 14.3. The molecule has 0 aromatic heterocycles. The molecule has 0 atom stereocenters. The van der Waals surface area contributed by atoms with Crippen molar-refractivity contribution in [2.24, 2.45) is 5.92 Å². The zero-order valence-electron chi connectivity index (χ0n) is 11.4. The van der Waals surface area contributed by atoms with E-state index in [1.54, 1.807) is 6.07 Å². The normalized spacial score (nSPS) is 30.2. The van der Waals surface area contributed by atoms with Crippen molar-refractivity contribution in [2.75, 3.05) is 6.54 Å². The minimum absolute atomic E-state index is 0.0295. The third-order valence-electron chi connectivity index (χ3n) is 4.77. The van der Waals surface area contributed by atoms with Crippen LogP contribution in [0.3, 0.4) is 0 Å². The Morgan fingerprint density at radius 1 is 1.37 bits per heavy atom. The SMILES string of the molecule is CCC1CC(CNC2CC2)(c2cccc(Cl)c2F)C1. The van der Waals surface area contributed by atoms with Crippen LogP contribution in [0.2, 0.25) is 5.02 Å². The van der Waals surface area contributed by atoms with Crippen LogP contribution in [-0.4, -0.2) is 12.6 Å². The first-order valence-corrected chi connectivity index (χ1v) is 7.70. The maximum atomic E-state index is 14.3. The summed E-state index contributed by atoms with van der Waals surface area (Å²) in [6.07, 6.45) is 5.89. The van der Waals surface area contributed by atoms with Gasteiger partial charge in [0, 0.05) is 18.0 Å². The minimum atomic E-state index is -0.212. The second-order valence-corrected chi connectivity index (χ2v) is 6.63. The van der Waals surface area contributed by atoms with Gasteiger partial charge < -0.3 is 5.32 Å². The van der Waals surface area contributed by atoms with Crippen molar-refractivity contribution in [3.8, 4) is 0 Å². The quantitative estimate of drug-likeness (QED) is 0.849. The molecule has 0 bridgehead atoms. The number of hydrogen-bond acceptors (Lipinski definition) is 1. The van der Waals surface area contributed by atoms with Crippen molar-refractivity contribution in [3.63, 3.8) is 0 Å². The average molecular weight is 282 g/mol. The van der Waals surface area contributed by atoms with Gasteiger partial charge in [-0.15, -0.1) is 0 Å². The zero-order valence-corrected chi connectivity index (χ0v) is 12.1. The van der Waals surface area contributed by atoms with Gasteiger partial charge in [-0.1, -0.05) is 37.1 Å². The van der Waals surface area contributed by atoms with Crippen LogP contribution in [0, 0.1) is 11.7 Å². The molecule has 0 unspecified atom stereocenters. The van der Waals surface area contributed by atoms with Crippen molar-refractivity contribution in [2.45, 2.75) is 50.5 Å². The largest absolute Gasteiger partial charge is 0.313 e. The van der Waals surface area contributed by atoms with Gasteiger partial charge in [0.1, 0.15) is 5.82 Å². The van der Waals surface area contributed by atoms with Gasteiger partial charge in [0.05, 0.1) is 5.02 Å². The first-order chi connectivity index (χ1) is 9.14. The topological polar surface area (TPSA) is 12.0 Å². The van der Waals surface area contributed by atoms with E-state index in [9.17, 15) is 4.39 Å². The minimum Gasteiger partial charge on any atom is -0.313 e. The van der Waals surface area contributed by atoms with Crippen molar-refractivity contribution in [1.29, 1.82) is 0 Å². The molecule has 104 valence electrons. The Kier molecular flexibility index (Phi) is 3.57. The highest BCUT2D eigenvalue weighted by Crippen LogP contribution is 2.50. The van der Waals surface area contributed by atoms with E-state index in [0.29, 0.717) is 6.04 Å². The first kappa shape index (κ1) is 13.4. The molecule has 3 rings (SSSR count). The number of hydrogen-bond donors (Lipinski definition) is 1. The van der Waals surface area contributed by atoms with E-state index in [1.807, 2.05) is 12.1 Å². The predicted molar refractivity (Wildman–Crippen MR) is 77.1 cm³/mol. The molecular weight excluding hydrogens is 261 g/mol. The van der Waals surface area contributed by atoms with Gasteiger partial charge >= 0.3 is 0 Å². The van der Waals surface area contributed by atoms with Crippen LogP contribution in [0.25, 0.3) is 0 Å². The van der Waals surface area contributed by atoms with Crippen molar-refractivity contribution < 1.29 is 4.39 Å². The fourth-order valence-electron chi connectivity index (χ4n) is 3.33. The second-order valence-electron chi connectivity index (χ2n) is 6.22. The molecular formula is C16H21ClFN. The Morgan fingerprint density at radius 3 is 2.74 bits per heavy atom. The van der Waals surface area contributed by atoms with E-state index in [1.165, 1.54) is 19.3 Å². The van der Waals surface area contributed by atoms with E-state index in [4.69, 9.17) is 11.6 Å². The Balaban J connectivity index is 1.83. The highest BCUT2D eigenvalue weighted by molar-refractivity contribution is 6.30. The molecule has 1 nitrogen and oxygen atoms in total. The fourth-order valence-corrected chi connectivity index (χ4v) is 3.51. The molecule has 2 aliphatic rings. The lowest BCUT2D eigenvalue weighted by molar-refractivity contribution is 0.129. The van der Waals surface area contributed by atoms with Gasteiger partial charge in [-0.05, 0) is 43.2 Å². The third-order valence-corrected chi connectivity index (χ3v) is 5.06. The fraction of sp³-hybridized carbons (Fsp3) is 0.625. The summed E-state index contributed by atoms with van der Waals surface area (Å²) in [4.78, 5) is 0. The molecule has 0 aliphatic heterocycles. The summed E-state index contributed by atoms with van der Waals surface area (Å²) in [5.74, 6) is 0.524. The number of nitrogens with one attached hydrogen (secondary N) is 1. The van der Waals surface area contributed by atoms with Gasteiger partial charge in [0.25, 0.3) is 0 Å². The van der Waals surface area contributed by atoms with E-state index in [2.05, 4.69) is 12.2 Å². The third kappa shape index (κ3) is 2.53. The van der Waals surface area contributed by atoms with Crippen LogP contribution in [0.1, 0.15) is 44.6 Å². The molecule has 0 heterocycles. The lowest BCUT2D eigenvalue weighted by Crippen LogP contribution is -2.49. The average Bonchev–Trinajstić information content (AvgIpc) is 3.16. The molecule has 2 fully saturated rings. The predicted octanol–water partition coefficient (Wildman–Crippen LogP) is 4.29. The highest BCUT2D eigenvalue weighted by atomic mass is 35.5. The summed E-state index contributed by atoms with van der Waals surface area (Å²) in [6, 6.07) is 6.10. The first-order valence-electron chi connectivity index (χ1n) is 7.32. The highest BCUT2D eigenvalue weighted by Gasteiger charge is 2.46. The standard InChI is InChI=1S/C16H21ClFN/c1-2-11-8-16(9-11,10-19-12-6-7-12)13-4-3-5-14(17)15(13)18/h3-5,11-12,19H,2,6-10H2,1H3. The summed E-state index contributed by atoms with van der Waals surface area (Å²) in [5.41, 5.74) is 0.788. The zero-order chi connectivity index (χ0) is 13.5. The van der Waals surface area contributed by atoms with E-state index in [0.717, 1.165) is 30.9 Å². The Morgan fingerprint density at radius 2 is 2.11 bits per heavy atom. The van der Waals surface area contributed by atoms with Crippen molar-refractivity contribution in [3.05, 3.63) is 34.6 Å². The number of benzene rings is 1. The molecule has 1 aromatic rings. The molecule has 1 N–H and O–H groups in total. The van der Waals surface area contributed by atoms with Crippen LogP contribution < -0.4 is 5.32 Å². The molecule has 2 saturated carbocycles. The second kappa shape index (κ2) is 5.06. The number of halogens is 2. The van der Waals surface area contributed by atoms with Crippen molar-refractivity contribution >= 4 is 11.6 Å². The Hall–Kier alpha value is -0.600. The van der Waals surface area contributed by atoms with Gasteiger partial charge in [-0.25, -0.2) is 4.39 Å². The summed E-state index contributed by atoms with van der Waals surface area (Å²) in [5, 5.41) is 3.83. The summed E-state index contributed by atoms with van der Waals surface area (Å²) in [6.45, 7) is 3.11. The Labute approximate surface area is 119 Å². The monoisotopic (exact) mass is 281 g/mol. The van der Waals surface area contributed by atoms with Crippen LogP contribution in [-0.2, 0) is 5.41 Å². The van der Waals surface area contributed by atoms with E-state index < -0.39 is 0 Å². The molecule has 0 amide bonds. The lowest BCUT2D eigenvalue weighted by Gasteiger charge is -2.48. The van der Waals surface area contributed by atoms with Gasteiger partial charge in [0.2, 0.25) is 0 Å². The molecule has 0 saturated heterocycles. The van der Waals surface area contributed by atoms with Gasteiger partial charge in [-0.3, -0.25) is 0 Å². The van der Waals surface area contributed by atoms with Crippen LogP contribution >= 0.6 is 11.6 Å². The molecule has 0 spiro atoms. The lowest BCUT2D eigenvalue weighted by atomic mass is 9.57. The molecule has 3 heteroatoms. The van der Waals surface area contributed by atoms with Crippen LogP contribution in [0.5, 0.6) is 0 Å².